The van der Waals surface area contributed by atoms with Gasteiger partial charge in [0.2, 0.25) is 0 Å². The molecule has 0 radical (unpaired) electrons. The van der Waals surface area contributed by atoms with Gasteiger partial charge in [0.25, 0.3) is 11.8 Å². The second-order valence-corrected chi connectivity index (χ2v) is 7.81. The molecule has 138 valence electrons. The zero-order chi connectivity index (χ0) is 19.7. The van der Waals surface area contributed by atoms with Gasteiger partial charge in [0.1, 0.15) is 0 Å². The molecule has 0 bridgehead atoms. The van der Waals surface area contributed by atoms with Gasteiger partial charge in [-0.1, -0.05) is 78.0 Å². The number of amides is 2. The second kappa shape index (κ2) is 7.66. The zero-order valence-corrected chi connectivity index (χ0v) is 16.6. The van der Waals surface area contributed by atoms with Crippen molar-refractivity contribution in [3.05, 3.63) is 99.9 Å². The molecule has 3 aromatic rings. The molecule has 1 heterocycles. The van der Waals surface area contributed by atoms with Crippen molar-refractivity contribution in [3.8, 4) is 0 Å². The lowest BCUT2D eigenvalue weighted by Crippen LogP contribution is -2.32. The molecule has 0 fully saturated rings. The Bertz CT molecular complexity index is 1090. The van der Waals surface area contributed by atoms with Crippen LogP contribution in [0.15, 0.2) is 88.7 Å². The highest BCUT2D eigenvalue weighted by Crippen LogP contribution is 2.42. The predicted octanol–water partition coefficient (Wildman–Crippen LogP) is 5.73. The summed E-state index contributed by atoms with van der Waals surface area (Å²) in [6.07, 6.45) is 0. The van der Waals surface area contributed by atoms with Gasteiger partial charge in [-0.15, -0.1) is 0 Å². The van der Waals surface area contributed by atoms with Gasteiger partial charge in [-0.2, -0.15) is 0 Å². The lowest BCUT2D eigenvalue weighted by atomic mass is 10.1. The molecule has 28 heavy (non-hydrogen) atoms. The lowest BCUT2D eigenvalue weighted by molar-refractivity contribution is -0.119. The third-order valence-electron chi connectivity index (χ3n) is 4.55. The van der Waals surface area contributed by atoms with Crippen LogP contribution in [-0.2, 0) is 9.59 Å². The largest absolute Gasteiger partial charge is 0.272 e. The summed E-state index contributed by atoms with van der Waals surface area (Å²) in [4.78, 5) is 29.3. The molecule has 0 saturated heterocycles. The van der Waals surface area contributed by atoms with Crippen molar-refractivity contribution in [1.29, 1.82) is 0 Å². The van der Waals surface area contributed by atoms with E-state index in [2.05, 4.69) is 0 Å². The van der Waals surface area contributed by atoms with Crippen molar-refractivity contribution >= 4 is 46.4 Å². The first-order chi connectivity index (χ1) is 13.6. The number of hydrogen-bond acceptors (Lipinski definition) is 3. The third-order valence-corrected chi connectivity index (χ3v) is 6.05. The van der Waals surface area contributed by atoms with Gasteiger partial charge in [-0.25, -0.2) is 4.90 Å². The van der Waals surface area contributed by atoms with Gasteiger partial charge in [-0.05, 0) is 42.3 Å². The smallest absolute Gasteiger partial charge is 0.268 e. The quantitative estimate of drug-likeness (QED) is 0.520. The van der Waals surface area contributed by atoms with E-state index in [0.717, 1.165) is 10.5 Å². The van der Waals surface area contributed by atoms with E-state index in [1.165, 1.54) is 16.7 Å². The van der Waals surface area contributed by atoms with E-state index < -0.39 is 0 Å². The van der Waals surface area contributed by atoms with Crippen LogP contribution in [-0.4, -0.2) is 11.8 Å². The van der Waals surface area contributed by atoms with Gasteiger partial charge in [0.15, 0.2) is 0 Å². The Kier molecular flexibility index (Phi) is 5.07. The molecule has 0 unspecified atom stereocenters. The Balaban J connectivity index is 1.85. The molecule has 0 spiro atoms. The fourth-order valence-corrected chi connectivity index (χ4v) is 4.31. The summed E-state index contributed by atoms with van der Waals surface area (Å²) < 4.78 is 0. The highest BCUT2D eigenvalue weighted by atomic mass is 35.5. The van der Waals surface area contributed by atoms with Crippen LogP contribution in [0.25, 0.3) is 5.57 Å². The average molecular weight is 406 g/mol. The molecule has 0 saturated carbocycles. The van der Waals surface area contributed by atoms with Crippen LogP contribution in [0.2, 0.25) is 5.02 Å². The molecule has 2 amide bonds. The van der Waals surface area contributed by atoms with Crippen molar-refractivity contribution in [1.82, 2.24) is 0 Å². The SMILES string of the molecule is Cc1c(Cl)cccc1N1C(=O)C(Sc2ccccc2)=C(c2ccccc2)C1=O. The summed E-state index contributed by atoms with van der Waals surface area (Å²) in [5.41, 5.74) is 2.35. The normalized spacial score (nSPS) is 14.1. The van der Waals surface area contributed by atoms with Crippen LogP contribution in [0.5, 0.6) is 0 Å². The van der Waals surface area contributed by atoms with Crippen molar-refractivity contribution in [2.24, 2.45) is 0 Å². The number of thioether (sulfide) groups is 1. The fraction of sp³-hybridized carbons (Fsp3) is 0.0435. The van der Waals surface area contributed by atoms with E-state index >= 15 is 0 Å². The lowest BCUT2D eigenvalue weighted by Gasteiger charge is -2.18. The Hall–Kier alpha value is -2.82. The van der Waals surface area contributed by atoms with Crippen LogP contribution in [0.3, 0.4) is 0 Å². The monoisotopic (exact) mass is 405 g/mol. The van der Waals surface area contributed by atoms with E-state index in [1.54, 1.807) is 18.2 Å². The maximum Gasteiger partial charge on any atom is 0.272 e. The summed E-state index contributed by atoms with van der Waals surface area (Å²) in [6, 6.07) is 24.1. The molecular formula is C23H16ClNO2S. The minimum absolute atomic E-state index is 0.330. The molecule has 1 aliphatic heterocycles. The summed E-state index contributed by atoms with van der Waals surface area (Å²) in [6.45, 7) is 1.81. The first-order valence-corrected chi connectivity index (χ1v) is 9.94. The summed E-state index contributed by atoms with van der Waals surface area (Å²) in [7, 11) is 0. The number of nitrogens with zero attached hydrogens (tertiary/aromatic N) is 1. The molecule has 0 N–H and O–H groups in total. The number of halogens is 1. The Labute approximate surface area is 172 Å². The molecule has 0 aliphatic carbocycles. The fourth-order valence-electron chi connectivity index (χ4n) is 3.13. The summed E-state index contributed by atoms with van der Waals surface area (Å²) in [5.74, 6) is -0.664. The molecule has 5 heteroatoms. The molecular weight excluding hydrogens is 390 g/mol. The number of imide groups is 1. The molecule has 4 rings (SSSR count). The van der Waals surface area contributed by atoms with Crippen molar-refractivity contribution in [3.63, 3.8) is 0 Å². The first kappa shape index (κ1) is 18.5. The standard InChI is InChI=1S/C23H16ClNO2S/c1-15-18(24)13-8-14-19(15)25-22(26)20(16-9-4-2-5-10-16)21(23(25)27)28-17-11-6-3-7-12-17/h2-14H,1H3. The second-order valence-electron chi connectivity index (χ2n) is 6.31. The van der Waals surface area contributed by atoms with E-state index in [9.17, 15) is 9.59 Å². The van der Waals surface area contributed by atoms with Gasteiger partial charge in [0, 0.05) is 9.92 Å². The van der Waals surface area contributed by atoms with Crippen molar-refractivity contribution < 1.29 is 9.59 Å². The average Bonchev–Trinajstić information content (AvgIpc) is 2.95. The van der Waals surface area contributed by atoms with Gasteiger partial charge in [-0.3, -0.25) is 9.59 Å². The number of carbonyl (C=O) groups excluding carboxylic acids is 2. The molecule has 0 atom stereocenters. The molecule has 0 aromatic heterocycles. The van der Waals surface area contributed by atoms with Crippen LogP contribution in [0, 0.1) is 6.92 Å². The highest BCUT2D eigenvalue weighted by Gasteiger charge is 2.41. The van der Waals surface area contributed by atoms with Crippen LogP contribution in [0.4, 0.5) is 5.69 Å². The van der Waals surface area contributed by atoms with E-state index in [4.69, 9.17) is 11.6 Å². The predicted molar refractivity (Wildman–Crippen MR) is 114 cm³/mol. The van der Waals surface area contributed by atoms with Crippen LogP contribution in [0.1, 0.15) is 11.1 Å². The maximum absolute atomic E-state index is 13.4. The maximum atomic E-state index is 13.4. The Morgan fingerprint density at radius 2 is 1.43 bits per heavy atom. The van der Waals surface area contributed by atoms with E-state index in [1.807, 2.05) is 67.6 Å². The van der Waals surface area contributed by atoms with Crippen molar-refractivity contribution in [2.75, 3.05) is 4.90 Å². The van der Waals surface area contributed by atoms with Gasteiger partial charge >= 0.3 is 0 Å². The topological polar surface area (TPSA) is 37.4 Å². The van der Waals surface area contributed by atoms with E-state index in [0.29, 0.717) is 26.8 Å². The van der Waals surface area contributed by atoms with Gasteiger partial charge in [0.05, 0.1) is 16.2 Å². The zero-order valence-electron chi connectivity index (χ0n) is 15.1. The van der Waals surface area contributed by atoms with Crippen LogP contribution >= 0.6 is 23.4 Å². The number of hydrogen-bond donors (Lipinski definition) is 0. The van der Waals surface area contributed by atoms with Crippen molar-refractivity contribution in [2.45, 2.75) is 11.8 Å². The van der Waals surface area contributed by atoms with Gasteiger partial charge < -0.3 is 0 Å². The third kappa shape index (κ3) is 3.26. The summed E-state index contributed by atoms with van der Waals surface area (Å²) >= 11 is 7.55. The molecule has 1 aliphatic rings. The summed E-state index contributed by atoms with van der Waals surface area (Å²) in [5, 5.41) is 0.517. The minimum Gasteiger partial charge on any atom is -0.268 e. The molecule has 3 aromatic carbocycles. The Morgan fingerprint density at radius 3 is 2.11 bits per heavy atom. The van der Waals surface area contributed by atoms with Crippen LogP contribution < -0.4 is 4.90 Å². The Morgan fingerprint density at radius 1 is 0.786 bits per heavy atom. The highest BCUT2D eigenvalue weighted by molar-refractivity contribution is 8.04. The first-order valence-electron chi connectivity index (χ1n) is 8.74. The minimum atomic E-state index is -0.333. The molecule has 3 nitrogen and oxygen atoms in total. The number of benzene rings is 3. The van der Waals surface area contributed by atoms with E-state index in [-0.39, 0.29) is 11.8 Å². The number of carbonyl (C=O) groups is 2. The number of anilines is 1. The number of rotatable bonds is 4.